The van der Waals surface area contributed by atoms with Gasteiger partial charge in [0.2, 0.25) is 11.8 Å². The zero-order chi connectivity index (χ0) is 26.4. The molecular formula is C24H20F6N6O. The Balaban J connectivity index is 1.47. The standard InChI is InChI=1S/C24H20F6N6O/c1-37-19-11-14(4-6-31-19)16-12-15(23(25,26)27)13-18-20(16)34-22(33-18)36-9-7-35(8-10-36)21-17(24(28,29)30)3-2-5-32-21/h2-6,11-13H,7-10H2,1H3,(H,33,34). The molecule has 7 nitrogen and oxygen atoms in total. The van der Waals surface area contributed by atoms with Gasteiger partial charge in [0, 0.05) is 50.2 Å². The maximum Gasteiger partial charge on any atom is 0.419 e. The van der Waals surface area contributed by atoms with Gasteiger partial charge in [-0.05, 0) is 35.9 Å². The highest BCUT2D eigenvalue weighted by atomic mass is 19.4. The quantitative estimate of drug-likeness (QED) is 0.363. The molecule has 0 atom stereocenters. The third-order valence-electron chi connectivity index (χ3n) is 6.13. The molecule has 1 saturated heterocycles. The van der Waals surface area contributed by atoms with Crippen molar-refractivity contribution in [1.29, 1.82) is 0 Å². The van der Waals surface area contributed by atoms with Crippen molar-refractivity contribution in [2.75, 3.05) is 43.1 Å². The predicted octanol–water partition coefficient (Wildman–Crippen LogP) is 5.39. The van der Waals surface area contributed by atoms with Gasteiger partial charge in [-0.25, -0.2) is 15.0 Å². The molecule has 194 valence electrons. The Kier molecular flexibility index (Phi) is 6.08. The molecule has 5 rings (SSSR count). The number of imidazole rings is 1. The number of aromatic amines is 1. The highest BCUT2D eigenvalue weighted by Gasteiger charge is 2.36. The van der Waals surface area contributed by atoms with Crippen molar-refractivity contribution in [2.24, 2.45) is 0 Å². The smallest absolute Gasteiger partial charge is 0.419 e. The van der Waals surface area contributed by atoms with Crippen LogP contribution in [0.1, 0.15) is 11.1 Å². The summed E-state index contributed by atoms with van der Waals surface area (Å²) in [7, 11) is 1.41. The number of hydrogen-bond acceptors (Lipinski definition) is 6. The molecular weight excluding hydrogens is 502 g/mol. The molecule has 0 aliphatic carbocycles. The average Bonchev–Trinajstić information content (AvgIpc) is 3.32. The normalized spacial score (nSPS) is 14.9. The largest absolute Gasteiger partial charge is 0.481 e. The molecule has 0 spiro atoms. The fourth-order valence-corrected chi connectivity index (χ4v) is 4.33. The van der Waals surface area contributed by atoms with E-state index in [2.05, 4.69) is 19.9 Å². The number of ether oxygens (including phenoxy) is 1. The van der Waals surface area contributed by atoms with Crippen molar-refractivity contribution < 1.29 is 31.1 Å². The summed E-state index contributed by atoms with van der Waals surface area (Å²) in [4.78, 5) is 18.8. The van der Waals surface area contributed by atoms with Crippen LogP contribution < -0.4 is 14.5 Å². The molecule has 4 aromatic rings. The van der Waals surface area contributed by atoms with E-state index >= 15 is 0 Å². The number of fused-ring (bicyclic) bond motifs is 1. The van der Waals surface area contributed by atoms with Gasteiger partial charge in [-0.15, -0.1) is 0 Å². The van der Waals surface area contributed by atoms with Gasteiger partial charge in [-0.1, -0.05) is 0 Å². The van der Waals surface area contributed by atoms with Crippen molar-refractivity contribution in [3.05, 3.63) is 59.9 Å². The first-order chi connectivity index (χ1) is 17.5. The van der Waals surface area contributed by atoms with E-state index in [1.807, 2.05) is 0 Å². The van der Waals surface area contributed by atoms with Crippen LogP contribution in [-0.2, 0) is 12.4 Å². The van der Waals surface area contributed by atoms with Gasteiger partial charge < -0.3 is 19.5 Å². The van der Waals surface area contributed by atoms with Gasteiger partial charge in [0.25, 0.3) is 0 Å². The summed E-state index contributed by atoms with van der Waals surface area (Å²) in [6.45, 7) is 1.02. The lowest BCUT2D eigenvalue weighted by Gasteiger charge is -2.36. The summed E-state index contributed by atoms with van der Waals surface area (Å²) in [6, 6.07) is 7.33. The van der Waals surface area contributed by atoms with Crippen LogP contribution in [-0.4, -0.2) is 53.2 Å². The number of aromatic nitrogens is 4. The Bertz CT molecular complexity index is 1430. The molecule has 37 heavy (non-hydrogen) atoms. The molecule has 1 aliphatic heterocycles. The summed E-state index contributed by atoms with van der Waals surface area (Å²) < 4.78 is 86.4. The number of rotatable bonds is 4. The number of anilines is 2. The highest BCUT2D eigenvalue weighted by molar-refractivity contribution is 5.94. The number of nitrogens with one attached hydrogen (secondary N) is 1. The van der Waals surface area contributed by atoms with E-state index in [0.717, 1.165) is 18.2 Å². The van der Waals surface area contributed by atoms with E-state index in [9.17, 15) is 26.3 Å². The third kappa shape index (κ3) is 4.85. The minimum Gasteiger partial charge on any atom is -0.481 e. The van der Waals surface area contributed by atoms with Gasteiger partial charge >= 0.3 is 12.4 Å². The summed E-state index contributed by atoms with van der Waals surface area (Å²) in [5, 5.41) is 0. The zero-order valence-corrected chi connectivity index (χ0v) is 19.4. The molecule has 0 bridgehead atoms. The lowest BCUT2D eigenvalue weighted by molar-refractivity contribution is -0.138. The Labute approximate surface area is 206 Å². The maximum atomic E-state index is 13.7. The van der Waals surface area contributed by atoms with Crippen LogP contribution in [0.3, 0.4) is 0 Å². The van der Waals surface area contributed by atoms with Crippen LogP contribution in [0.5, 0.6) is 5.88 Å². The van der Waals surface area contributed by atoms with Gasteiger partial charge in [0.05, 0.1) is 29.3 Å². The number of alkyl halides is 6. The van der Waals surface area contributed by atoms with E-state index in [-0.39, 0.29) is 49.0 Å². The molecule has 1 N–H and O–H groups in total. The number of H-pyrrole nitrogens is 1. The molecule has 1 fully saturated rings. The van der Waals surface area contributed by atoms with Crippen molar-refractivity contribution in [3.8, 4) is 17.0 Å². The van der Waals surface area contributed by atoms with Crippen molar-refractivity contribution in [1.82, 2.24) is 19.9 Å². The number of pyridine rings is 2. The van der Waals surface area contributed by atoms with Crippen molar-refractivity contribution in [2.45, 2.75) is 12.4 Å². The second kappa shape index (κ2) is 9.12. The second-order valence-electron chi connectivity index (χ2n) is 8.41. The molecule has 0 radical (unpaired) electrons. The first-order valence-electron chi connectivity index (χ1n) is 11.2. The Morgan fingerprint density at radius 2 is 1.59 bits per heavy atom. The minimum atomic E-state index is -4.59. The predicted molar refractivity (Wildman–Crippen MR) is 125 cm³/mol. The Hall–Kier alpha value is -4.03. The third-order valence-corrected chi connectivity index (χ3v) is 6.13. The van der Waals surface area contributed by atoms with Crippen LogP contribution in [0.2, 0.25) is 0 Å². The number of piperazine rings is 1. The summed E-state index contributed by atoms with van der Waals surface area (Å²) >= 11 is 0. The fraction of sp³-hybridized carbons (Fsp3) is 0.292. The summed E-state index contributed by atoms with van der Waals surface area (Å²) in [6.07, 6.45) is -6.39. The highest BCUT2D eigenvalue weighted by Crippen LogP contribution is 2.38. The number of nitrogens with zero attached hydrogens (tertiary/aromatic N) is 5. The van der Waals surface area contributed by atoms with Gasteiger partial charge in [0.1, 0.15) is 5.82 Å². The van der Waals surface area contributed by atoms with Crippen molar-refractivity contribution in [3.63, 3.8) is 0 Å². The van der Waals surface area contributed by atoms with E-state index in [1.165, 1.54) is 31.6 Å². The molecule has 1 aromatic carbocycles. The average molecular weight is 522 g/mol. The molecule has 4 heterocycles. The summed E-state index contributed by atoms with van der Waals surface area (Å²) in [5.41, 5.74) is -0.443. The number of hydrogen-bond donors (Lipinski definition) is 1. The van der Waals surface area contributed by atoms with Gasteiger partial charge in [-0.2, -0.15) is 26.3 Å². The number of benzene rings is 1. The van der Waals surface area contributed by atoms with Crippen LogP contribution in [0.25, 0.3) is 22.2 Å². The summed E-state index contributed by atoms with van der Waals surface area (Å²) in [5.74, 6) is 0.419. The molecule has 13 heteroatoms. The lowest BCUT2D eigenvalue weighted by Crippen LogP contribution is -2.47. The first-order valence-corrected chi connectivity index (χ1v) is 11.2. The minimum absolute atomic E-state index is 0.113. The maximum absolute atomic E-state index is 13.7. The van der Waals surface area contributed by atoms with E-state index in [1.54, 1.807) is 15.9 Å². The van der Waals surface area contributed by atoms with E-state index < -0.39 is 23.5 Å². The monoisotopic (exact) mass is 522 g/mol. The molecule has 0 saturated carbocycles. The zero-order valence-electron chi connectivity index (χ0n) is 19.4. The number of halogens is 6. The Morgan fingerprint density at radius 3 is 2.27 bits per heavy atom. The van der Waals surface area contributed by atoms with Crippen LogP contribution in [0.15, 0.2) is 48.8 Å². The fourth-order valence-electron chi connectivity index (χ4n) is 4.33. The van der Waals surface area contributed by atoms with E-state index in [0.29, 0.717) is 17.0 Å². The van der Waals surface area contributed by atoms with Crippen LogP contribution >= 0.6 is 0 Å². The van der Waals surface area contributed by atoms with Crippen LogP contribution in [0.4, 0.5) is 38.1 Å². The van der Waals surface area contributed by atoms with Gasteiger partial charge in [0.15, 0.2) is 0 Å². The molecule has 1 aliphatic rings. The molecule has 0 unspecified atom stereocenters. The van der Waals surface area contributed by atoms with E-state index in [4.69, 9.17) is 4.74 Å². The molecule has 3 aromatic heterocycles. The SMILES string of the molecule is COc1cc(-c2cc(C(F)(F)F)cc3nc(N4CCN(c5ncccc5C(F)(F)F)CC4)[nH]c23)ccn1. The Morgan fingerprint density at radius 1 is 0.865 bits per heavy atom. The van der Waals surface area contributed by atoms with Gasteiger partial charge in [-0.3, -0.25) is 0 Å². The first kappa shape index (κ1) is 24.7. The van der Waals surface area contributed by atoms with Crippen molar-refractivity contribution >= 4 is 22.8 Å². The lowest BCUT2D eigenvalue weighted by atomic mass is 10.0. The molecule has 0 amide bonds. The second-order valence-corrected chi connectivity index (χ2v) is 8.41. The van der Waals surface area contributed by atoms with Crippen LogP contribution in [0, 0.1) is 0 Å². The number of methoxy groups -OCH3 is 1. The topological polar surface area (TPSA) is 70.2 Å².